The maximum absolute atomic E-state index is 5.99. The van der Waals surface area contributed by atoms with E-state index in [-0.39, 0.29) is 0 Å². The van der Waals surface area contributed by atoms with E-state index in [4.69, 9.17) is 4.74 Å². The summed E-state index contributed by atoms with van der Waals surface area (Å²) in [5, 5.41) is 3.16. The zero-order chi connectivity index (χ0) is 14.8. The normalized spacial score (nSPS) is 11.0. The van der Waals surface area contributed by atoms with Gasteiger partial charge in [0.2, 0.25) is 5.88 Å². The highest BCUT2D eigenvalue weighted by Gasteiger charge is 2.13. The van der Waals surface area contributed by atoms with Crippen molar-refractivity contribution in [2.24, 2.45) is 0 Å². The first kappa shape index (κ1) is 14.1. The molecule has 0 aliphatic heterocycles. The summed E-state index contributed by atoms with van der Waals surface area (Å²) in [6, 6.07) is 11.8. The third kappa shape index (κ3) is 2.80. The van der Waals surface area contributed by atoms with E-state index in [9.17, 15) is 0 Å². The topological polar surface area (TPSA) is 38.6 Å². The maximum atomic E-state index is 5.99. The van der Waals surface area contributed by atoms with Gasteiger partial charge in [0.1, 0.15) is 17.1 Å². The molecular weight excluding hydrogens is 330 g/mol. The Bertz CT molecular complexity index is 782. The molecule has 0 aliphatic carbocycles. The highest BCUT2D eigenvalue weighted by molar-refractivity contribution is 9.10. The van der Waals surface area contributed by atoms with Gasteiger partial charge in [-0.25, -0.2) is 0 Å². The third-order valence-corrected chi connectivity index (χ3v) is 4.17. The number of aryl methyl sites for hydroxylation is 1. The fraction of sp³-hybridized carbons (Fsp3) is 0.188. The van der Waals surface area contributed by atoms with Crippen molar-refractivity contribution >= 4 is 21.6 Å². The number of halogens is 1. The monoisotopic (exact) mass is 345 g/mol. The van der Waals surface area contributed by atoms with Crippen LogP contribution in [0.5, 0.6) is 11.6 Å². The van der Waals surface area contributed by atoms with Crippen LogP contribution in [0.15, 0.2) is 47.1 Å². The van der Waals surface area contributed by atoms with Crippen LogP contribution in [0.1, 0.15) is 11.3 Å². The third-order valence-electron chi connectivity index (χ3n) is 3.28. The van der Waals surface area contributed by atoms with Gasteiger partial charge in [-0.05, 0) is 49.9 Å². The molecule has 3 rings (SSSR count). The van der Waals surface area contributed by atoms with Crippen LogP contribution < -0.4 is 10.1 Å². The predicted molar refractivity (Wildman–Crippen MR) is 86.9 cm³/mol. The highest BCUT2D eigenvalue weighted by atomic mass is 79.9. The van der Waals surface area contributed by atoms with Crippen LogP contribution in [0.4, 0.5) is 0 Å². The Kier molecular flexibility index (Phi) is 3.94. The molecule has 0 atom stereocenters. The summed E-state index contributed by atoms with van der Waals surface area (Å²) in [6.45, 7) is 2.73. The molecule has 0 saturated carbocycles. The largest absolute Gasteiger partial charge is 0.437 e. The molecular formula is C16H16BrN3O. The van der Waals surface area contributed by atoms with Gasteiger partial charge >= 0.3 is 0 Å². The molecule has 0 spiro atoms. The number of nitrogens with zero attached hydrogens (tertiary/aromatic N) is 2. The van der Waals surface area contributed by atoms with Crippen molar-refractivity contribution in [2.75, 3.05) is 7.05 Å². The van der Waals surface area contributed by atoms with E-state index in [2.05, 4.69) is 26.2 Å². The number of fused-ring (bicyclic) bond motifs is 1. The number of aromatic nitrogens is 2. The second kappa shape index (κ2) is 5.87. The molecule has 0 amide bonds. The summed E-state index contributed by atoms with van der Waals surface area (Å²) in [5.41, 5.74) is 3.02. The van der Waals surface area contributed by atoms with Crippen LogP contribution in [0.3, 0.4) is 0 Å². The Morgan fingerprint density at radius 2 is 2.14 bits per heavy atom. The van der Waals surface area contributed by atoms with Gasteiger partial charge in [0.25, 0.3) is 0 Å². The lowest BCUT2D eigenvalue weighted by Crippen LogP contribution is -2.08. The molecule has 0 fully saturated rings. The van der Waals surface area contributed by atoms with E-state index < -0.39 is 0 Å². The number of hydrogen-bond acceptors (Lipinski definition) is 3. The Hall–Kier alpha value is -1.85. The van der Waals surface area contributed by atoms with E-state index in [1.807, 2.05) is 61.0 Å². The van der Waals surface area contributed by atoms with Crippen LogP contribution in [0.2, 0.25) is 0 Å². The number of hydrogen-bond donors (Lipinski definition) is 1. The first-order chi connectivity index (χ1) is 10.2. The van der Waals surface area contributed by atoms with Crippen LogP contribution in [-0.4, -0.2) is 16.4 Å². The molecule has 2 aromatic heterocycles. The van der Waals surface area contributed by atoms with E-state index in [0.717, 1.165) is 27.1 Å². The molecule has 1 N–H and O–H groups in total. The van der Waals surface area contributed by atoms with Crippen LogP contribution in [0, 0.1) is 6.92 Å². The zero-order valence-corrected chi connectivity index (χ0v) is 13.5. The molecule has 108 valence electrons. The van der Waals surface area contributed by atoms with E-state index in [1.165, 1.54) is 0 Å². The van der Waals surface area contributed by atoms with E-state index in [0.29, 0.717) is 12.4 Å². The molecule has 0 bridgehead atoms. The van der Waals surface area contributed by atoms with Crippen LogP contribution in [-0.2, 0) is 6.54 Å². The fourth-order valence-electron chi connectivity index (χ4n) is 2.23. The van der Waals surface area contributed by atoms with Gasteiger partial charge in [-0.1, -0.05) is 22.0 Å². The molecule has 1 aromatic carbocycles. The number of benzene rings is 1. The summed E-state index contributed by atoms with van der Waals surface area (Å²) in [7, 11) is 1.91. The Balaban J connectivity index is 2.02. The van der Waals surface area contributed by atoms with Crippen molar-refractivity contribution < 1.29 is 4.74 Å². The molecule has 0 aliphatic rings. The molecule has 0 unspecified atom stereocenters. The summed E-state index contributed by atoms with van der Waals surface area (Å²) in [6.07, 6.45) is 1.99. The maximum Gasteiger partial charge on any atom is 0.242 e. The van der Waals surface area contributed by atoms with Crippen molar-refractivity contribution in [3.63, 3.8) is 0 Å². The lowest BCUT2D eigenvalue weighted by Gasteiger charge is -2.07. The number of nitrogens with one attached hydrogen (secondary N) is 1. The number of rotatable bonds is 4. The summed E-state index contributed by atoms with van der Waals surface area (Å²) in [4.78, 5) is 4.57. The van der Waals surface area contributed by atoms with Crippen LogP contribution >= 0.6 is 15.9 Å². The number of pyridine rings is 1. The molecule has 21 heavy (non-hydrogen) atoms. The Morgan fingerprint density at radius 1 is 1.29 bits per heavy atom. The van der Waals surface area contributed by atoms with Crippen LogP contribution in [0.25, 0.3) is 5.65 Å². The van der Waals surface area contributed by atoms with E-state index >= 15 is 0 Å². The minimum atomic E-state index is 0.636. The zero-order valence-electron chi connectivity index (χ0n) is 11.9. The molecule has 2 heterocycles. The first-order valence-corrected chi connectivity index (χ1v) is 7.53. The predicted octanol–water partition coefficient (Wildman–Crippen LogP) is 3.92. The Labute approximate surface area is 131 Å². The quantitative estimate of drug-likeness (QED) is 0.778. The summed E-state index contributed by atoms with van der Waals surface area (Å²) < 4.78 is 9.10. The van der Waals surface area contributed by atoms with Gasteiger partial charge in [0, 0.05) is 17.2 Å². The van der Waals surface area contributed by atoms with Crippen molar-refractivity contribution in [3.05, 3.63) is 58.3 Å². The van der Waals surface area contributed by atoms with E-state index in [1.54, 1.807) is 0 Å². The first-order valence-electron chi connectivity index (χ1n) is 6.73. The van der Waals surface area contributed by atoms with Gasteiger partial charge in [0.15, 0.2) is 0 Å². The SMILES string of the molecule is CNCc1c(Oc2ccc(Br)c(C)c2)nc2ccccn12. The van der Waals surface area contributed by atoms with Gasteiger partial charge in [-0.3, -0.25) is 4.40 Å². The van der Waals surface area contributed by atoms with Crippen molar-refractivity contribution in [1.29, 1.82) is 0 Å². The summed E-state index contributed by atoms with van der Waals surface area (Å²) in [5.74, 6) is 1.42. The van der Waals surface area contributed by atoms with Gasteiger partial charge in [-0.15, -0.1) is 0 Å². The van der Waals surface area contributed by atoms with Gasteiger partial charge in [-0.2, -0.15) is 4.98 Å². The standard InChI is InChI=1S/C16H16BrN3O/c1-11-9-12(6-7-13(11)17)21-16-14(10-18-2)20-8-4-3-5-15(20)19-16/h3-9,18H,10H2,1-2H3. The second-order valence-electron chi connectivity index (χ2n) is 4.84. The summed E-state index contributed by atoms with van der Waals surface area (Å²) >= 11 is 3.50. The fourth-order valence-corrected chi connectivity index (χ4v) is 2.47. The average molecular weight is 346 g/mol. The molecule has 0 radical (unpaired) electrons. The lowest BCUT2D eigenvalue weighted by molar-refractivity contribution is 0.456. The highest BCUT2D eigenvalue weighted by Crippen LogP contribution is 2.28. The molecule has 5 heteroatoms. The van der Waals surface area contributed by atoms with Gasteiger partial charge < -0.3 is 10.1 Å². The number of imidazole rings is 1. The minimum absolute atomic E-state index is 0.636. The van der Waals surface area contributed by atoms with Crippen molar-refractivity contribution in [1.82, 2.24) is 14.7 Å². The van der Waals surface area contributed by atoms with Crippen molar-refractivity contribution in [3.8, 4) is 11.6 Å². The second-order valence-corrected chi connectivity index (χ2v) is 5.69. The van der Waals surface area contributed by atoms with Gasteiger partial charge in [0.05, 0.1) is 0 Å². The van der Waals surface area contributed by atoms with Crippen molar-refractivity contribution in [2.45, 2.75) is 13.5 Å². The molecule has 3 aromatic rings. The molecule has 0 saturated heterocycles. The minimum Gasteiger partial charge on any atom is -0.437 e. The number of ether oxygens (including phenoxy) is 1. The molecule has 4 nitrogen and oxygen atoms in total. The Morgan fingerprint density at radius 3 is 2.90 bits per heavy atom. The lowest BCUT2D eigenvalue weighted by atomic mass is 10.2. The smallest absolute Gasteiger partial charge is 0.242 e. The average Bonchev–Trinajstić information content (AvgIpc) is 2.81.